The summed E-state index contributed by atoms with van der Waals surface area (Å²) in [6.45, 7) is 4.49. The number of rotatable bonds is 5. The van der Waals surface area contributed by atoms with Gasteiger partial charge in [0.15, 0.2) is 0 Å². The molecule has 2 rings (SSSR count). The molecule has 0 amide bonds. The van der Waals surface area contributed by atoms with Crippen LogP contribution in [0.5, 0.6) is 0 Å². The zero-order chi connectivity index (χ0) is 12.3. The van der Waals surface area contributed by atoms with Crippen LogP contribution in [0.1, 0.15) is 25.5 Å². The Kier molecular flexibility index (Phi) is 3.68. The largest absolute Gasteiger partial charge is 0.377 e. The molecule has 17 heavy (non-hydrogen) atoms. The third-order valence-electron chi connectivity index (χ3n) is 2.53. The van der Waals surface area contributed by atoms with Gasteiger partial charge in [0.25, 0.3) is 0 Å². The molecule has 0 aliphatic carbocycles. The van der Waals surface area contributed by atoms with Crippen LogP contribution in [-0.2, 0) is 4.74 Å². The van der Waals surface area contributed by atoms with Crippen molar-refractivity contribution in [2.75, 3.05) is 6.61 Å². The minimum atomic E-state index is -0.0842. The lowest BCUT2D eigenvalue weighted by atomic mass is 10.1. The number of nitrogens with two attached hydrogens (primary N) is 1. The van der Waals surface area contributed by atoms with Gasteiger partial charge in [-0.05, 0) is 13.8 Å². The Morgan fingerprint density at radius 2 is 2.29 bits per heavy atom. The molecular weight excluding hydrogens is 218 g/mol. The molecule has 0 radical (unpaired) electrons. The van der Waals surface area contributed by atoms with E-state index in [1.54, 1.807) is 29.3 Å². The van der Waals surface area contributed by atoms with Crippen LogP contribution < -0.4 is 11.3 Å². The molecule has 2 heterocycles. The van der Waals surface area contributed by atoms with Crippen LogP contribution in [-0.4, -0.2) is 27.3 Å². The highest BCUT2D eigenvalue weighted by Gasteiger charge is 2.15. The maximum atomic E-state index is 5.57. The van der Waals surface area contributed by atoms with Crippen LogP contribution in [0.2, 0.25) is 0 Å². The van der Waals surface area contributed by atoms with Gasteiger partial charge in [-0.2, -0.15) is 5.10 Å². The minimum absolute atomic E-state index is 0.0842. The van der Waals surface area contributed by atoms with E-state index in [1.165, 1.54) is 0 Å². The lowest BCUT2D eigenvalue weighted by molar-refractivity contribution is 0.0614. The van der Waals surface area contributed by atoms with Crippen molar-refractivity contribution in [1.29, 1.82) is 0 Å². The maximum absolute atomic E-state index is 5.57. The van der Waals surface area contributed by atoms with Gasteiger partial charge in [-0.1, -0.05) is 0 Å². The first kappa shape index (κ1) is 12.0. The first-order valence-corrected chi connectivity index (χ1v) is 5.57. The van der Waals surface area contributed by atoms with E-state index in [9.17, 15) is 0 Å². The van der Waals surface area contributed by atoms with Crippen molar-refractivity contribution in [1.82, 2.24) is 20.0 Å². The number of hydrogen-bond donors (Lipinski definition) is 2. The average Bonchev–Trinajstić information content (AvgIpc) is 2.74. The molecule has 0 bridgehead atoms. The van der Waals surface area contributed by atoms with Gasteiger partial charge in [0.05, 0.1) is 36.7 Å². The first-order valence-electron chi connectivity index (χ1n) is 5.57. The van der Waals surface area contributed by atoms with Crippen molar-refractivity contribution in [3.05, 3.63) is 30.4 Å². The fourth-order valence-electron chi connectivity index (χ4n) is 1.64. The second kappa shape index (κ2) is 5.22. The van der Waals surface area contributed by atoms with E-state index < -0.39 is 0 Å². The summed E-state index contributed by atoms with van der Waals surface area (Å²) in [6.07, 6.45) is 7.22. The Hall–Kier alpha value is -1.50. The number of nitrogens with zero attached hydrogens (tertiary/aromatic N) is 3. The van der Waals surface area contributed by atoms with Gasteiger partial charge in [-0.25, -0.2) is 4.52 Å². The molecule has 0 saturated heterocycles. The summed E-state index contributed by atoms with van der Waals surface area (Å²) in [5.74, 6) is 5.55. The van der Waals surface area contributed by atoms with E-state index >= 15 is 0 Å². The van der Waals surface area contributed by atoms with Gasteiger partial charge in [0, 0.05) is 18.0 Å². The van der Waals surface area contributed by atoms with E-state index in [1.807, 2.05) is 13.8 Å². The number of hydrazine groups is 1. The smallest absolute Gasteiger partial charge is 0.0894 e. The molecular formula is C11H17N5O. The second-order valence-corrected chi connectivity index (χ2v) is 4.11. The van der Waals surface area contributed by atoms with Gasteiger partial charge >= 0.3 is 0 Å². The normalized spacial score (nSPS) is 13.4. The van der Waals surface area contributed by atoms with Crippen LogP contribution >= 0.6 is 0 Å². The summed E-state index contributed by atoms with van der Waals surface area (Å²) in [5, 5.41) is 4.24. The Labute approximate surface area is 99.8 Å². The first-order chi connectivity index (χ1) is 8.22. The van der Waals surface area contributed by atoms with Gasteiger partial charge in [0.1, 0.15) is 0 Å². The summed E-state index contributed by atoms with van der Waals surface area (Å²) < 4.78 is 7.33. The van der Waals surface area contributed by atoms with Gasteiger partial charge < -0.3 is 4.74 Å². The third kappa shape index (κ3) is 2.60. The second-order valence-electron chi connectivity index (χ2n) is 4.11. The molecule has 0 spiro atoms. The minimum Gasteiger partial charge on any atom is -0.377 e. The van der Waals surface area contributed by atoms with Crippen molar-refractivity contribution in [3.8, 4) is 0 Å². The molecule has 0 aliphatic heterocycles. The standard InChI is InChI=1S/C11H17N5O/c1-8(2)17-7-10(15-12)9-5-14-16-4-3-13-6-11(9)16/h3-6,8,10,15H,7,12H2,1-2H3. The van der Waals surface area contributed by atoms with Crippen LogP contribution in [0.3, 0.4) is 0 Å². The molecule has 0 saturated carbocycles. The summed E-state index contributed by atoms with van der Waals surface area (Å²) in [6, 6.07) is -0.0842. The van der Waals surface area contributed by atoms with Crippen LogP contribution in [0.4, 0.5) is 0 Å². The van der Waals surface area contributed by atoms with Crippen molar-refractivity contribution in [2.45, 2.75) is 26.0 Å². The van der Waals surface area contributed by atoms with Crippen molar-refractivity contribution in [2.24, 2.45) is 5.84 Å². The maximum Gasteiger partial charge on any atom is 0.0894 e. The number of aromatic nitrogens is 3. The van der Waals surface area contributed by atoms with Gasteiger partial charge in [-0.15, -0.1) is 0 Å². The predicted molar refractivity (Wildman–Crippen MR) is 64.1 cm³/mol. The molecule has 2 aromatic heterocycles. The highest BCUT2D eigenvalue weighted by molar-refractivity contribution is 5.53. The molecule has 0 aliphatic rings. The number of fused-ring (bicyclic) bond motifs is 1. The fourth-order valence-corrected chi connectivity index (χ4v) is 1.64. The zero-order valence-corrected chi connectivity index (χ0v) is 10.00. The Balaban J connectivity index is 2.24. The zero-order valence-electron chi connectivity index (χ0n) is 10.00. The summed E-state index contributed by atoms with van der Waals surface area (Å²) in [4.78, 5) is 4.09. The van der Waals surface area contributed by atoms with E-state index in [-0.39, 0.29) is 12.1 Å². The quantitative estimate of drug-likeness (QED) is 0.588. The fraction of sp³-hybridized carbons (Fsp3) is 0.455. The summed E-state index contributed by atoms with van der Waals surface area (Å²) in [7, 11) is 0. The molecule has 6 heteroatoms. The molecule has 1 atom stereocenters. The van der Waals surface area contributed by atoms with E-state index in [0.717, 1.165) is 11.1 Å². The number of nitrogens with one attached hydrogen (secondary N) is 1. The topological polar surface area (TPSA) is 77.5 Å². The van der Waals surface area contributed by atoms with Crippen molar-refractivity contribution < 1.29 is 4.74 Å². The Morgan fingerprint density at radius 1 is 1.47 bits per heavy atom. The number of ether oxygens (including phenoxy) is 1. The predicted octanol–water partition coefficient (Wildman–Crippen LogP) is 0.659. The molecule has 92 valence electrons. The van der Waals surface area contributed by atoms with E-state index in [0.29, 0.717) is 6.61 Å². The van der Waals surface area contributed by atoms with Gasteiger partial charge in [0.2, 0.25) is 0 Å². The van der Waals surface area contributed by atoms with Crippen molar-refractivity contribution >= 4 is 5.52 Å². The highest BCUT2D eigenvalue weighted by atomic mass is 16.5. The summed E-state index contributed by atoms with van der Waals surface area (Å²) in [5.41, 5.74) is 4.67. The summed E-state index contributed by atoms with van der Waals surface area (Å²) >= 11 is 0. The molecule has 0 fully saturated rings. The molecule has 6 nitrogen and oxygen atoms in total. The molecule has 0 aromatic carbocycles. The molecule has 3 N–H and O–H groups in total. The monoisotopic (exact) mass is 235 g/mol. The Morgan fingerprint density at radius 3 is 3.00 bits per heavy atom. The Bertz CT molecular complexity index is 481. The molecule has 2 aromatic rings. The van der Waals surface area contributed by atoms with E-state index in [4.69, 9.17) is 10.6 Å². The van der Waals surface area contributed by atoms with E-state index in [2.05, 4.69) is 15.5 Å². The SMILES string of the molecule is CC(C)OCC(NN)c1cnn2ccncc12. The van der Waals surface area contributed by atoms with Crippen LogP contribution in [0, 0.1) is 0 Å². The molecule has 1 unspecified atom stereocenters. The van der Waals surface area contributed by atoms with Crippen LogP contribution in [0.15, 0.2) is 24.8 Å². The van der Waals surface area contributed by atoms with Crippen molar-refractivity contribution in [3.63, 3.8) is 0 Å². The average molecular weight is 235 g/mol. The lowest BCUT2D eigenvalue weighted by Crippen LogP contribution is -2.32. The third-order valence-corrected chi connectivity index (χ3v) is 2.53. The lowest BCUT2D eigenvalue weighted by Gasteiger charge is -2.16. The van der Waals surface area contributed by atoms with Crippen LogP contribution in [0.25, 0.3) is 5.52 Å². The highest BCUT2D eigenvalue weighted by Crippen LogP contribution is 2.18. The van der Waals surface area contributed by atoms with Gasteiger partial charge in [-0.3, -0.25) is 16.3 Å². The number of hydrogen-bond acceptors (Lipinski definition) is 5.